The molecule has 0 bridgehead atoms. The van der Waals surface area contributed by atoms with Gasteiger partial charge in [-0.2, -0.15) is 5.26 Å². The van der Waals surface area contributed by atoms with Crippen molar-refractivity contribution in [3.8, 4) is 11.8 Å². The molecule has 0 aliphatic rings. The van der Waals surface area contributed by atoms with E-state index < -0.39 is 5.97 Å². The minimum atomic E-state index is -0.516. The standard InChI is InChI=1S/C21H23N3O4S/c1-5-28-21(26)17-10-16(11-22)20(23-14(17)2)29-13-19(25)24(3)12-15-8-6-7-9-18(15)27-4/h6-10H,5,12-13H2,1-4H3. The molecule has 1 aromatic heterocycles. The van der Waals surface area contributed by atoms with Crippen molar-refractivity contribution >= 4 is 23.6 Å². The Morgan fingerprint density at radius 1 is 1.31 bits per heavy atom. The normalized spacial score (nSPS) is 10.2. The van der Waals surface area contributed by atoms with E-state index in [4.69, 9.17) is 9.47 Å². The van der Waals surface area contributed by atoms with Crippen molar-refractivity contribution in [1.29, 1.82) is 5.26 Å². The summed E-state index contributed by atoms with van der Waals surface area (Å²) >= 11 is 1.17. The minimum Gasteiger partial charge on any atom is -0.496 e. The number of carbonyl (C=O) groups excluding carboxylic acids is 2. The molecule has 0 fully saturated rings. The Morgan fingerprint density at radius 3 is 2.69 bits per heavy atom. The Morgan fingerprint density at radius 2 is 2.03 bits per heavy atom. The molecule has 0 N–H and O–H groups in total. The number of hydrogen-bond donors (Lipinski definition) is 0. The van der Waals surface area contributed by atoms with E-state index in [1.165, 1.54) is 17.8 Å². The molecule has 0 atom stereocenters. The second kappa shape index (κ2) is 10.5. The summed E-state index contributed by atoms with van der Waals surface area (Å²) in [5.74, 6) is 0.209. The van der Waals surface area contributed by atoms with Crippen molar-refractivity contribution in [2.24, 2.45) is 0 Å². The van der Waals surface area contributed by atoms with Crippen LogP contribution in [0.1, 0.15) is 34.1 Å². The number of methoxy groups -OCH3 is 1. The number of para-hydroxylation sites is 1. The third-order valence-corrected chi connectivity index (χ3v) is 5.13. The maximum Gasteiger partial charge on any atom is 0.340 e. The van der Waals surface area contributed by atoms with Gasteiger partial charge in [0.2, 0.25) is 5.91 Å². The van der Waals surface area contributed by atoms with Crippen LogP contribution in [0.5, 0.6) is 5.75 Å². The molecule has 1 heterocycles. The molecule has 0 radical (unpaired) electrons. The molecule has 0 unspecified atom stereocenters. The molecule has 1 amide bonds. The largest absolute Gasteiger partial charge is 0.496 e. The maximum absolute atomic E-state index is 12.5. The monoisotopic (exact) mass is 413 g/mol. The van der Waals surface area contributed by atoms with Gasteiger partial charge in [0, 0.05) is 19.2 Å². The van der Waals surface area contributed by atoms with Crippen LogP contribution in [0, 0.1) is 18.3 Å². The van der Waals surface area contributed by atoms with E-state index in [9.17, 15) is 14.9 Å². The summed E-state index contributed by atoms with van der Waals surface area (Å²) in [4.78, 5) is 30.5. The number of nitriles is 1. The fourth-order valence-corrected chi connectivity index (χ4v) is 3.55. The molecule has 1 aromatic carbocycles. The predicted molar refractivity (Wildman–Crippen MR) is 110 cm³/mol. The summed E-state index contributed by atoms with van der Waals surface area (Å²) < 4.78 is 10.3. The molecule has 7 nitrogen and oxygen atoms in total. The van der Waals surface area contributed by atoms with E-state index in [2.05, 4.69) is 4.98 Å². The number of hydrogen-bond acceptors (Lipinski definition) is 7. The summed E-state index contributed by atoms with van der Waals surface area (Å²) in [6, 6.07) is 11.0. The molecule has 0 spiro atoms. The van der Waals surface area contributed by atoms with Crippen molar-refractivity contribution in [3.63, 3.8) is 0 Å². The molecule has 0 saturated heterocycles. The molecule has 2 aromatic rings. The SMILES string of the molecule is CCOC(=O)c1cc(C#N)c(SCC(=O)N(C)Cc2ccccc2OC)nc1C. The fourth-order valence-electron chi connectivity index (χ4n) is 2.61. The van der Waals surface area contributed by atoms with Gasteiger partial charge in [-0.1, -0.05) is 30.0 Å². The van der Waals surface area contributed by atoms with Crippen molar-refractivity contribution in [2.45, 2.75) is 25.4 Å². The molecule has 0 aliphatic heterocycles. The average Bonchev–Trinajstić information content (AvgIpc) is 2.72. The Labute approximate surface area is 174 Å². The van der Waals surface area contributed by atoms with Crippen molar-refractivity contribution in [2.75, 3.05) is 26.5 Å². The lowest BCUT2D eigenvalue weighted by Crippen LogP contribution is -2.28. The van der Waals surface area contributed by atoms with Gasteiger partial charge in [0.1, 0.15) is 16.8 Å². The van der Waals surface area contributed by atoms with Crippen molar-refractivity contribution < 1.29 is 19.1 Å². The van der Waals surface area contributed by atoms with Crippen molar-refractivity contribution in [1.82, 2.24) is 9.88 Å². The van der Waals surface area contributed by atoms with Gasteiger partial charge in [-0.25, -0.2) is 9.78 Å². The fraction of sp³-hybridized carbons (Fsp3) is 0.333. The van der Waals surface area contributed by atoms with Gasteiger partial charge in [0.25, 0.3) is 0 Å². The van der Waals surface area contributed by atoms with E-state index in [0.29, 0.717) is 17.3 Å². The molecule has 0 aliphatic carbocycles. The van der Waals surface area contributed by atoms with Crippen LogP contribution < -0.4 is 4.74 Å². The number of thioether (sulfide) groups is 1. The molecular formula is C21H23N3O4S. The molecular weight excluding hydrogens is 390 g/mol. The number of aromatic nitrogens is 1. The quantitative estimate of drug-likeness (QED) is 0.485. The first kappa shape index (κ1) is 22.2. The number of pyridine rings is 1. The van der Waals surface area contributed by atoms with Gasteiger partial charge in [0.05, 0.1) is 36.3 Å². The van der Waals surface area contributed by atoms with Crippen LogP contribution in [-0.4, -0.2) is 48.3 Å². The second-order valence-electron chi connectivity index (χ2n) is 6.16. The van der Waals surface area contributed by atoms with E-state index in [0.717, 1.165) is 11.3 Å². The van der Waals surface area contributed by atoms with Crippen LogP contribution in [0.2, 0.25) is 0 Å². The molecule has 2 rings (SSSR count). The summed E-state index contributed by atoms with van der Waals surface area (Å²) in [7, 11) is 3.30. The number of ether oxygens (including phenoxy) is 2. The highest BCUT2D eigenvalue weighted by Gasteiger charge is 2.18. The van der Waals surface area contributed by atoms with Gasteiger partial charge in [-0.15, -0.1) is 0 Å². The topological polar surface area (TPSA) is 92.5 Å². The highest BCUT2D eigenvalue weighted by atomic mass is 32.2. The van der Waals surface area contributed by atoms with Crippen LogP contribution in [-0.2, 0) is 16.1 Å². The van der Waals surface area contributed by atoms with Crippen molar-refractivity contribution in [3.05, 3.63) is 52.7 Å². The predicted octanol–water partition coefficient (Wildman–Crippen LogP) is 3.20. The zero-order valence-corrected chi connectivity index (χ0v) is 17.7. The Kier molecular flexibility index (Phi) is 8.04. The van der Waals surface area contributed by atoms with Gasteiger partial charge in [0.15, 0.2) is 0 Å². The number of rotatable bonds is 8. The first-order chi connectivity index (χ1) is 13.9. The van der Waals surface area contributed by atoms with E-state index in [1.807, 2.05) is 30.3 Å². The number of nitrogens with zero attached hydrogens (tertiary/aromatic N) is 3. The van der Waals surface area contributed by atoms with Gasteiger partial charge >= 0.3 is 5.97 Å². The number of benzene rings is 1. The van der Waals surface area contributed by atoms with Crippen LogP contribution in [0.4, 0.5) is 0 Å². The van der Waals surface area contributed by atoms with Gasteiger partial charge < -0.3 is 14.4 Å². The molecule has 152 valence electrons. The minimum absolute atomic E-state index is 0.112. The van der Waals surface area contributed by atoms with Crippen LogP contribution in [0.15, 0.2) is 35.4 Å². The van der Waals surface area contributed by atoms with Gasteiger partial charge in [-0.05, 0) is 26.0 Å². The highest BCUT2D eigenvalue weighted by molar-refractivity contribution is 7.99. The molecule has 8 heteroatoms. The van der Waals surface area contributed by atoms with Crippen LogP contribution in [0.25, 0.3) is 0 Å². The first-order valence-corrected chi connectivity index (χ1v) is 9.97. The zero-order valence-electron chi connectivity index (χ0n) is 16.9. The summed E-state index contributed by atoms with van der Waals surface area (Å²) in [5.41, 5.74) is 1.86. The number of esters is 1. The van der Waals surface area contributed by atoms with Gasteiger partial charge in [-0.3, -0.25) is 4.79 Å². The second-order valence-corrected chi connectivity index (χ2v) is 7.12. The number of aryl methyl sites for hydroxylation is 1. The van der Waals surface area contributed by atoms with E-state index in [1.54, 1.807) is 32.9 Å². The average molecular weight is 413 g/mol. The first-order valence-electron chi connectivity index (χ1n) is 8.98. The summed E-state index contributed by atoms with van der Waals surface area (Å²) in [5, 5.41) is 9.82. The third-order valence-electron chi connectivity index (χ3n) is 4.15. The smallest absolute Gasteiger partial charge is 0.340 e. The lowest BCUT2D eigenvalue weighted by molar-refractivity contribution is -0.127. The van der Waals surface area contributed by atoms with E-state index >= 15 is 0 Å². The Bertz CT molecular complexity index is 940. The maximum atomic E-state index is 12.5. The summed E-state index contributed by atoms with van der Waals surface area (Å²) in [6.07, 6.45) is 0. The third kappa shape index (κ3) is 5.72. The summed E-state index contributed by atoms with van der Waals surface area (Å²) in [6.45, 7) is 4.03. The Balaban J connectivity index is 2.08. The lowest BCUT2D eigenvalue weighted by Gasteiger charge is -2.19. The van der Waals surface area contributed by atoms with E-state index in [-0.39, 0.29) is 29.4 Å². The number of carbonyl (C=O) groups is 2. The molecule has 29 heavy (non-hydrogen) atoms. The Hall–Kier alpha value is -3.05. The number of amides is 1. The lowest BCUT2D eigenvalue weighted by atomic mass is 10.1. The van der Waals surface area contributed by atoms with Crippen LogP contribution >= 0.6 is 11.8 Å². The van der Waals surface area contributed by atoms with Crippen LogP contribution in [0.3, 0.4) is 0 Å². The highest BCUT2D eigenvalue weighted by Crippen LogP contribution is 2.24. The zero-order chi connectivity index (χ0) is 21.4. The molecule has 0 saturated carbocycles.